The Balaban J connectivity index is 1.76. The molecule has 2 aromatic carbocycles. The van der Waals surface area contributed by atoms with Crippen LogP contribution in [0.5, 0.6) is 0 Å². The van der Waals surface area contributed by atoms with Gasteiger partial charge in [0.1, 0.15) is 11.4 Å². The summed E-state index contributed by atoms with van der Waals surface area (Å²) < 4.78 is 0. The van der Waals surface area contributed by atoms with Crippen LogP contribution in [-0.4, -0.2) is 33.0 Å². The van der Waals surface area contributed by atoms with E-state index in [1.165, 1.54) is 37.3 Å². The Morgan fingerprint density at radius 3 is 2.46 bits per heavy atom. The summed E-state index contributed by atoms with van der Waals surface area (Å²) in [5.41, 5.74) is 3.56. The van der Waals surface area contributed by atoms with Gasteiger partial charge in [-0.2, -0.15) is 0 Å². The molecule has 0 aliphatic carbocycles. The van der Waals surface area contributed by atoms with E-state index in [1.54, 1.807) is 18.2 Å². The number of nitrogens with zero attached hydrogens (tertiary/aromatic N) is 2. The van der Waals surface area contributed by atoms with Crippen molar-refractivity contribution in [3.63, 3.8) is 0 Å². The van der Waals surface area contributed by atoms with E-state index in [9.17, 15) is 24.5 Å². The molecule has 0 aromatic heterocycles. The summed E-state index contributed by atoms with van der Waals surface area (Å²) in [6.45, 7) is 1.37. The second-order valence-electron chi connectivity index (χ2n) is 6.11. The molecule has 0 unspecified atom stereocenters. The van der Waals surface area contributed by atoms with Crippen LogP contribution < -0.4 is 10.7 Å². The van der Waals surface area contributed by atoms with Crippen molar-refractivity contribution in [2.24, 2.45) is 0 Å². The van der Waals surface area contributed by atoms with Gasteiger partial charge in [0.2, 0.25) is 5.91 Å². The van der Waals surface area contributed by atoms with Crippen molar-refractivity contribution >= 4 is 40.7 Å². The highest BCUT2D eigenvalue weighted by molar-refractivity contribution is 6.33. The number of hydrogen-bond acceptors (Lipinski definition) is 5. The minimum atomic E-state index is -0.940. The first-order chi connectivity index (χ1) is 13.3. The Morgan fingerprint density at radius 2 is 1.86 bits per heavy atom. The molecule has 2 aromatic rings. The number of rotatable bonds is 5. The summed E-state index contributed by atoms with van der Waals surface area (Å²) in [5, 5.41) is 13.7. The number of halogens is 1. The number of carbonyl (C=O) groups is 3. The largest absolute Gasteiger partial charge is 0.326 e. The predicted octanol–water partition coefficient (Wildman–Crippen LogP) is 2.39. The zero-order valence-corrected chi connectivity index (χ0v) is 15.3. The van der Waals surface area contributed by atoms with Crippen molar-refractivity contribution in [3.05, 3.63) is 69.8 Å². The van der Waals surface area contributed by atoms with Crippen LogP contribution in [0.2, 0.25) is 0 Å². The second-order valence-corrected chi connectivity index (χ2v) is 6.58. The van der Waals surface area contributed by atoms with Crippen LogP contribution in [-0.2, 0) is 9.59 Å². The molecule has 0 bridgehead atoms. The van der Waals surface area contributed by atoms with Gasteiger partial charge < -0.3 is 5.32 Å². The molecule has 1 heterocycles. The third kappa shape index (κ3) is 3.79. The van der Waals surface area contributed by atoms with Gasteiger partial charge in [0.15, 0.2) is 0 Å². The zero-order chi connectivity index (χ0) is 20.4. The number of anilines is 1. The highest BCUT2D eigenvalue weighted by Gasteiger charge is 2.48. The molecule has 1 aliphatic heterocycles. The minimum absolute atomic E-state index is 0.138. The van der Waals surface area contributed by atoms with Crippen LogP contribution >= 0.6 is 11.6 Å². The van der Waals surface area contributed by atoms with E-state index in [-0.39, 0.29) is 17.2 Å². The van der Waals surface area contributed by atoms with Crippen LogP contribution in [0.15, 0.2) is 48.5 Å². The Kier molecular flexibility index (Phi) is 5.27. The fourth-order valence-electron chi connectivity index (χ4n) is 2.80. The molecular formula is C18H15ClN4O5. The van der Waals surface area contributed by atoms with Gasteiger partial charge in [-0.25, -0.2) is 5.01 Å². The van der Waals surface area contributed by atoms with Gasteiger partial charge in [0.05, 0.1) is 4.92 Å². The van der Waals surface area contributed by atoms with Crippen molar-refractivity contribution < 1.29 is 19.3 Å². The lowest BCUT2D eigenvalue weighted by molar-refractivity contribution is -0.385. The zero-order valence-electron chi connectivity index (χ0n) is 14.6. The number of hydrazine groups is 1. The molecule has 9 nitrogen and oxygen atoms in total. The third-order valence-corrected chi connectivity index (χ3v) is 4.57. The molecule has 2 N–H and O–H groups in total. The fraction of sp³-hybridized carbons (Fsp3) is 0.167. The Labute approximate surface area is 164 Å². The first-order valence-electron chi connectivity index (χ1n) is 8.18. The Bertz CT molecular complexity index is 963. The van der Waals surface area contributed by atoms with E-state index < -0.39 is 28.2 Å². The van der Waals surface area contributed by atoms with Crippen LogP contribution in [0.4, 0.5) is 11.4 Å². The molecular weight excluding hydrogens is 388 g/mol. The third-order valence-electron chi connectivity index (χ3n) is 4.14. The fourth-order valence-corrected chi connectivity index (χ4v) is 3.16. The molecule has 0 saturated carbocycles. The molecule has 1 fully saturated rings. The van der Waals surface area contributed by atoms with Gasteiger partial charge in [0.25, 0.3) is 17.5 Å². The van der Waals surface area contributed by atoms with Gasteiger partial charge in [-0.15, -0.1) is 11.6 Å². The van der Waals surface area contributed by atoms with Crippen molar-refractivity contribution in [1.82, 2.24) is 10.4 Å². The maximum atomic E-state index is 12.4. The quantitative estimate of drug-likeness (QED) is 0.344. The average Bonchev–Trinajstić information content (AvgIpc) is 2.67. The molecule has 10 heteroatoms. The van der Waals surface area contributed by atoms with Crippen molar-refractivity contribution in [3.8, 4) is 0 Å². The molecule has 0 spiro atoms. The lowest BCUT2D eigenvalue weighted by Crippen LogP contribution is -2.63. The molecule has 28 heavy (non-hydrogen) atoms. The monoisotopic (exact) mass is 402 g/mol. The summed E-state index contributed by atoms with van der Waals surface area (Å²) >= 11 is 6.07. The van der Waals surface area contributed by atoms with E-state index in [4.69, 9.17) is 11.6 Å². The van der Waals surface area contributed by atoms with Gasteiger partial charge in [-0.1, -0.05) is 12.1 Å². The van der Waals surface area contributed by atoms with Gasteiger partial charge >= 0.3 is 0 Å². The van der Waals surface area contributed by atoms with Crippen molar-refractivity contribution in [1.29, 1.82) is 0 Å². The smallest absolute Gasteiger partial charge is 0.269 e. The van der Waals surface area contributed by atoms with Gasteiger partial charge in [-0.05, 0) is 29.8 Å². The normalized spacial score (nSPS) is 18.2. The number of carbonyl (C=O) groups excluding carboxylic acids is 3. The van der Waals surface area contributed by atoms with Gasteiger partial charge in [-0.3, -0.25) is 29.9 Å². The van der Waals surface area contributed by atoms with Crippen molar-refractivity contribution in [2.45, 2.75) is 18.3 Å². The van der Waals surface area contributed by atoms with E-state index in [0.717, 1.165) is 5.01 Å². The first-order valence-corrected chi connectivity index (χ1v) is 8.61. The standard InChI is InChI=1S/C18H15ClN4O5/c1-10(24)20-13-7-5-11(6-8-13)17(25)21-22-16(15(19)18(22)26)12-3-2-4-14(9-12)23(27)28/h2-9,15-16H,1H3,(H,20,24)(H,21,25)/t15-,16+/m1/s1. The molecule has 3 amide bonds. The number of β-lactam (4-membered cyclic amide) rings is 1. The molecule has 2 atom stereocenters. The maximum Gasteiger partial charge on any atom is 0.269 e. The van der Waals surface area contributed by atoms with Crippen LogP contribution in [0.25, 0.3) is 0 Å². The number of alkyl halides is 1. The Hall–Kier alpha value is -3.46. The van der Waals surface area contributed by atoms with Crippen LogP contribution in [0, 0.1) is 10.1 Å². The van der Waals surface area contributed by atoms with Crippen LogP contribution in [0.1, 0.15) is 28.9 Å². The SMILES string of the molecule is CC(=O)Nc1ccc(C(=O)NN2C(=O)[C@H](Cl)[C@@H]2c2cccc([N+](=O)[O-])c2)cc1. The lowest BCUT2D eigenvalue weighted by Gasteiger charge is -2.43. The lowest BCUT2D eigenvalue weighted by atomic mass is 9.95. The summed E-state index contributed by atoms with van der Waals surface area (Å²) in [4.78, 5) is 46.0. The summed E-state index contributed by atoms with van der Waals surface area (Å²) in [6, 6.07) is 11.1. The Morgan fingerprint density at radius 1 is 1.18 bits per heavy atom. The van der Waals surface area contributed by atoms with Gasteiger partial charge in [0, 0.05) is 30.3 Å². The summed E-state index contributed by atoms with van der Waals surface area (Å²) in [7, 11) is 0. The van der Waals surface area contributed by atoms with E-state index >= 15 is 0 Å². The highest BCUT2D eigenvalue weighted by Crippen LogP contribution is 2.38. The highest BCUT2D eigenvalue weighted by atomic mass is 35.5. The summed E-state index contributed by atoms with van der Waals surface area (Å²) in [5.74, 6) is -1.31. The first kappa shape index (κ1) is 19.3. The molecule has 144 valence electrons. The average molecular weight is 403 g/mol. The van der Waals surface area contributed by atoms with E-state index in [2.05, 4.69) is 10.7 Å². The predicted molar refractivity (Wildman–Crippen MR) is 101 cm³/mol. The molecule has 3 rings (SSSR count). The maximum absolute atomic E-state index is 12.4. The number of hydrogen-bond donors (Lipinski definition) is 2. The number of amides is 3. The number of non-ortho nitro benzene ring substituents is 1. The molecule has 1 aliphatic rings. The number of nitro groups is 1. The minimum Gasteiger partial charge on any atom is -0.326 e. The molecule has 0 radical (unpaired) electrons. The van der Waals surface area contributed by atoms with E-state index in [1.807, 2.05) is 0 Å². The van der Waals surface area contributed by atoms with Crippen molar-refractivity contribution in [2.75, 3.05) is 5.32 Å². The summed E-state index contributed by atoms with van der Waals surface area (Å²) in [6.07, 6.45) is 0. The topological polar surface area (TPSA) is 122 Å². The number of nitro benzene ring substituents is 1. The number of benzene rings is 2. The van der Waals surface area contributed by atoms with E-state index in [0.29, 0.717) is 11.3 Å². The second kappa shape index (κ2) is 7.65. The van der Waals surface area contributed by atoms with Crippen LogP contribution in [0.3, 0.4) is 0 Å². The molecule has 1 saturated heterocycles. The number of nitrogens with one attached hydrogen (secondary N) is 2.